The number of fused-ring (bicyclic) bond motifs is 5. The number of benzene rings is 3. The summed E-state index contributed by atoms with van der Waals surface area (Å²) in [6, 6.07) is 22.5. The molecule has 69 heavy (non-hydrogen) atoms. The summed E-state index contributed by atoms with van der Waals surface area (Å²) in [6.07, 6.45) is -11.2. The number of Topliss-reactive ketones (excluding diaryl/α,β-unsaturated/α-hetero) is 1. The molecule has 18 nitrogen and oxygen atoms in total. The van der Waals surface area contributed by atoms with Crippen molar-refractivity contribution in [2.75, 3.05) is 13.2 Å². The summed E-state index contributed by atoms with van der Waals surface area (Å²) < 4.78 is 41.6. The molecule has 3 aliphatic carbocycles. The van der Waals surface area contributed by atoms with Crippen LogP contribution in [0.3, 0.4) is 0 Å². The third kappa shape index (κ3) is 9.15. The Morgan fingerprint density at radius 1 is 0.783 bits per heavy atom. The molecule has 0 aromatic heterocycles. The van der Waals surface area contributed by atoms with E-state index in [0.717, 1.165) is 20.8 Å². The first kappa shape index (κ1) is 50.1. The lowest BCUT2D eigenvalue weighted by Crippen LogP contribution is -2.82. The van der Waals surface area contributed by atoms with Crippen LogP contribution in [-0.4, -0.2) is 119 Å². The lowest BCUT2D eigenvalue weighted by atomic mass is 9.44. The molecule has 3 fully saturated rings. The van der Waals surface area contributed by atoms with E-state index < -0.39 is 138 Å². The second kappa shape index (κ2) is 19.3. The molecule has 0 radical (unpaired) electrons. The van der Waals surface area contributed by atoms with Gasteiger partial charge in [0, 0.05) is 44.6 Å². The molecule has 7 rings (SSSR count). The minimum absolute atomic E-state index is 0.00765. The highest BCUT2D eigenvalue weighted by Crippen LogP contribution is 2.65. The lowest BCUT2D eigenvalue weighted by molar-refractivity contribution is -0.346. The molecule has 0 unspecified atom stereocenters. The number of carbonyl (C=O) groups is 8. The molecule has 2 saturated carbocycles. The smallest absolute Gasteiger partial charge is 0.344 e. The molecule has 2 bridgehead atoms. The third-order valence-electron chi connectivity index (χ3n) is 14.1. The van der Waals surface area contributed by atoms with Crippen LogP contribution in [0, 0.1) is 16.7 Å². The largest absolute Gasteiger partial charge is 0.459 e. The first-order chi connectivity index (χ1) is 32.6. The van der Waals surface area contributed by atoms with Crippen molar-refractivity contribution < 1.29 is 81.7 Å². The first-order valence-corrected chi connectivity index (χ1v) is 22.4. The van der Waals surface area contributed by atoms with Gasteiger partial charge in [-0.2, -0.15) is 0 Å². The van der Waals surface area contributed by atoms with E-state index in [1.54, 1.807) is 78.9 Å². The SMILES string of the molecule is CC(=O)OCC(=O)O[C@H]1C[C@H]2OC[C@@]2(OC(C)=O)[C@H]2[C@H](OC(=O)c3ccccc3)[C@]3(O)C[C@H](OC(=O)[C@H](O)[C@@H](NC(=O)c4ccccc4)c4ccccc4)C(C)=C([C@@H](OC(C)=O)C(=O)[C@]12C)C3(C)C. The topological polar surface area (TPSA) is 254 Å². The zero-order chi connectivity index (χ0) is 50.2. The number of amides is 1. The third-order valence-corrected chi connectivity index (χ3v) is 14.1. The summed E-state index contributed by atoms with van der Waals surface area (Å²) in [5.74, 6) is -9.28. The highest BCUT2D eigenvalue weighted by atomic mass is 16.6. The van der Waals surface area contributed by atoms with Crippen LogP contribution in [0.1, 0.15) is 93.6 Å². The molecule has 3 aromatic rings. The van der Waals surface area contributed by atoms with E-state index >= 15 is 4.79 Å². The summed E-state index contributed by atoms with van der Waals surface area (Å²) in [4.78, 5) is 110. The molecule has 1 heterocycles. The standard InChI is InChI=1S/C51H55NO17/c1-27-34(66-47(61)40(57)39(31-17-11-8-12-18-31)52-45(59)32-19-13-9-14-20-32)24-51(62)44(68-46(60)33-21-15-10-16-22-33)42-49(7,43(58)41(65-29(3)54)38(27)48(51,5)6)35(67-37(56)25-63-28(2)53)23-36-50(42,26-64-36)69-30(4)55/h8-22,34-36,39-42,44,57,62H,23-26H2,1-7H3,(H,52,59)/t34-,35-,36+,39-,40+,41+,42-,44-,49+,50-,51+/m0/s1. The van der Waals surface area contributed by atoms with Crippen LogP contribution < -0.4 is 5.32 Å². The van der Waals surface area contributed by atoms with Crippen LogP contribution in [0.15, 0.2) is 102 Å². The van der Waals surface area contributed by atoms with Crippen molar-refractivity contribution in [2.24, 2.45) is 16.7 Å². The predicted octanol–water partition coefficient (Wildman–Crippen LogP) is 3.85. The summed E-state index contributed by atoms with van der Waals surface area (Å²) in [6.45, 7) is 7.83. The van der Waals surface area contributed by atoms with Gasteiger partial charge in [0.1, 0.15) is 30.0 Å². The zero-order valence-corrected chi connectivity index (χ0v) is 39.1. The van der Waals surface area contributed by atoms with E-state index in [9.17, 15) is 43.8 Å². The monoisotopic (exact) mass is 953 g/mol. The van der Waals surface area contributed by atoms with Gasteiger partial charge in [-0.3, -0.25) is 24.0 Å². The first-order valence-electron chi connectivity index (χ1n) is 22.4. The molecule has 366 valence electrons. The molecular formula is C51H55NO17. The summed E-state index contributed by atoms with van der Waals surface area (Å²) in [5.41, 5.74) is -7.81. The van der Waals surface area contributed by atoms with Gasteiger partial charge in [0.25, 0.3) is 5.91 Å². The Hall–Kier alpha value is -6.76. The van der Waals surface area contributed by atoms with Gasteiger partial charge in [-0.1, -0.05) is 80.6 Å². The maximum Gasteiger partial charge on any atom is 0.344 e. The summed E-state index contributed by atoms with van der Waals surface area (Å²) in [5, 5.41) is 28.5. The second-order valence-electron chi connectivity index (χ2n) is 18.6. The van der Waals surface area contributed by atoms with Crippen LogP contribution >= 0.6 is 0 Å². The fourth-order valence-corrected chi connectivity index (χ4v) is 10.7. The Morgan fingerprint density at radius 3 is 1.93 bits per heavy atom. The van der Waals surface area contributed by atoms with Gasteiger partial charge in [0.2, 0.25) is 0 Å². The van der Waals surface area contributed by atoms with E-state index in [1.165, 1.54) is 39.8 Å². The van der Waals surface area contributed by atoms with Crippen molar-refractivity contribution in [2.45, 2.75) is 115 Å². The van der Waals surface area contributed by atoms with Crippen molar-refractivity contribution in [1.29, 1.82) is 0 Å². The minimum Gasteiger partial charge on any atom is -0.459 e. The zero-order valence-electron chi connectivity index (χ0n) is 39.1. The van der Waals surface area contributed by atoms with Gasteiger partial charge in [-0.25, -0.2) is 14.4 Å². The van der Waals surface area contributed by atoms with Crippen LogP contribution in [-0.2, 0) is 61.9 Å². The number of ether oxygens (including phenoxy) is 7. The Kier molecular flexibility index (Phi) is 14.0. The van der Waals surface area contributed by atoms with Crippen LogP contribution in [0.5, 0.6) is 0 Å². The molecule has 18 heteroatoms. The van der Waals surface area contributed by atoms with Gasteiger partial charge in [0.05, 0.1) is 29.5 Å². The average Bonchev–Trinajstić information content (AvgIpc) is 3.30. The van der Waals surface area contributed by atoms with Gasteiger partial charge in [-0.15, -0.1) is 0 Å². The molecule has 1 aliphatic heterocycles. The fourth-order valence-electron chi connectivity index (χ4n) is 10.7. The Labute approximate surface area is 397 Å². The Morgan fingerprint density at radius 2 is 1.38 bits per heavy atom. The lowest BCUT2D eigenvalue weighted by Gasteiger charge is -2.67. The average molecular weight is 954 g/mol. The fraction of sp³-hybridized carbons (Fsp3) is 0.451. The predicted molar refractivity (Wildman–Crippen MR) is 238 cm³/mol. The summed E-state index contributed by atoms with van der Waals surface area (Å²) in [7, 11) is 0. The van der Waals surface area contributed by atoms with Crippen LogP contribution in [0.25, 0.3) is 0 Å². The normalized spacial score (nSPS) is 29.6. The quantitative estimate of drug-likeness (QED) is 0.125. The number of ketones is 1. The molecule has 4 aliphatic rings. The van der Waals surface area contributed by atoms with Gasteiger partial charge < -0.3 is 48.7 Å². The van der Waals surface area contributed by atoms with Gasteiger partial charge >= 0.3 is 35.8 Å². The molecule has 1 amide bonds. The molecule has 1 saturated heterocycles. The molecule has 11 atom stereocenters. The van der Waals surface area contributed by atoms with Crippen LogP contribution in [0.4, 0.5) is 0 Å². The van der Waals surface area contributed by atoms with Gasteiger partial charge in [-0.05, 0) is 54.8 Å². The number of hydrogen-bond donors (Lipinski definition) is 3. The number of rotatable bonds is 13. The highest BCUT2D eigenvalue weighted by molar-refractivity contribution is 5.96. The molecule has 3 N–H and O–H groups in total. The Bertz CT molecular complexity index is 2550. The van der Waals surface area contributed by atoms with Gasteiger partial charge in [0.15, 0.2) is 30.2 Å². The van der Waals surface area contributed by atoms with Crippen molar-refractivity contribution in [1.82, 2.24) is 5.32 Å². The van der Waals surface area contributed by atoms with E-state index in [-0.39, 0.29) is 28.7 Å². The second-order valence-corrected chi connectivity index (χ2v) is 18.6. The number of hydrogen-bond acceptors (Lipinski definition) is 17. The molecular weight excluding hydrogens is 899 g/mol. The van der Waals surface area contributed by atoms with Crippen molar-refractivity contribution in [3.8, 4) is 0 Å². The number of nitrogens with one attached hydrogen (secondary N) is 1. The van der Waals surface area contributed by atoms with Crippen molar-refractivity contribution in [3.05, 3.63) is 119 Å². The van der Waals surface area contributed by atoms with Crippen molar-refractivity contribution >= 4 is 47.5 Å². The number of aliphatic hydroxyl groups is 2. The number of aliphatic hydroxyl groups excluding tert-OH is 1. The minimum atomic E-state index is -2.51. The van der Waals surface area contributed by atoms with Crippen molar-refractivity contribution in [3.63, 3.8) is 0 Å². The maximum absolute atomic E-state index is 16.0. The van der Waals surface area contributed by atoms with E-state index in [2.05, 4.69) is 5.32 Å². The van der Waals surface area contributed by atoms with E-state index in [4.69, 9.17) is 33.2 Å². The number of esters is 6. The molecule has 0 spiro atoms. The maximum atomic E-state index is 16.0. The van der Waals surface area contributed by atoms with E-state index in [0.29, 0.717) is 5.56 Å². The van der Waals surface area contributed by atoms with Crippen LogP contribution in [0.2, 0.25) is 0 Å². The molecule has 3 aromatic carbocycles. The summed E-state index contributed by atoms with van der Waals surface area (Å²) >= 11 is 0. The number of carbonyl (C=O) groups excluding carboxylic acids is 8. The van der Waals surface area contributed by atoms with E-state index in [1.807, 2.05) is 0 Å². The Balaban J connectivity index is 1.42. The highest BCUT2D eigenvalue weighted by Gasteiger charge is 2.79.